The van der Waals surface area contributed by atoms with Crippen molar-refractivity contribution in [1.82, 2.24) is 0 Å². The van der Waals surface area contributed by atoms with E-state index in [2.05, 4.69) is 8.53 Å². The Kier molecular flexibility index (Phi) is 8.74. The molecule has 0 heterocycles. The molecule has 6 N–H and O–H groups in total. The van der Waals surface area contributed by atoms with Gasteiger partial charge in [0.05, 0.1) is 12.1 Å². The molecule has 0 aliphatic heterocycles. The minimum atomic E-state index is -3.76. The highest BCUT2D eigenvalue weighted by Crippen LogP contribution is 2.54. The lowest BCUT2D eigenvalue weighted by Crippen LogP contribution is -2.25. The Balaban J connectivity index is 4.28. The van der Waals surface area contributed by atoms with Gasteiger partial charge in [0.2, 0.25) is 0 Å². The van der Waals surface area contributed by atoms with Gasteiger partial charge in [-0.2, -0.15) is 0 Å². The second-order valence-electron chi connectivity index (χ2n) is 7.51. The van der Waals surface area contributed by atoms with E-state index in [1.165, 1.54) is 0 Å². The smallest absolute Gasteiger partial charge is 0.270 e. The predicted octanol–water partition coefficient (Wildman–Crippen LogP) is 3.02. The molecular weight excluding hydrogens is 369 g/mol. The highest BCUT2D eigenvalue weighted by atomic mass is 31.8. The molecule has 0 aromatic carbocycles. The van der Waals surface area contributed by atoms with Gasteiger partial charge in [0.25, 0.3) is 7.52 Å². The van der Waals surface area contributed by atoms with Crippen LogP contribution in [0.2, 0.25) is 0 Å². The minimum absolute atomic E-state index is 0.0672. The Bertz CT molecular complexity index is 513. The molecular formula is C14H31N2O5P3. The highest BCUT2D eigenvalue weighted by molar-refractivity contribution is 7.94. The van der Waals surface area contributed by atoms with Gasteiger partial charge in [-0.3, -0.25) is 25.2 Å². The number of hydrogen-bond donors (Lipinski definition) is 4. The van der Waals surface area contributed by atoms with E-state index < -0.39 is 24.8 Å². The summed E-state index contributed by atoms with van der Waals surface area (Å²) in [4.78, 5) is 43.0. The molecule has 2 unspecified atom stereocenters. The molecule has 0 aliphatic carbocycles. The average molecular weight is 400 g/mol. The third-order valence-corrected chi connectivity index (χ3v) is 10.3. The van der Waals surface area contributed by atoms with Gasteiger partial charge in [-0.25, -0.2) is 0 Å². The SMILES string of the molecule is CC(C)(CCC(=O)CCC(=O)CCC(C)(C)P(N)(O)=P)P(N)(=O)O. The van der Waals surface area contributed by atoms with Gasteiger partial charge in [-0.15, -0.1) is 0 Å². The van der Waals surface area contributed by atoms with E-state index >= 15 is 0 Å². The van der Waals surface area contributed by atoms with Crippen molar-refractivity contribution < 1.29 is 23.9 Å². The molecule has 0 rings (SSSR count). The van der Waals surface area contributed by atoms with Crippen LogP contribution in [-0.4, -0.2) is 31.7 Å². The Hall–Kier alpha value is 0.140. The topological polar surface area (TPSA) is 144 Å². The van der Waals surface area contributed by atoms with E-state index in [1.807, 2.05) is 0 Å². The summed E-state index contributed by atoms with van der Waals surface area (Å²) >= 11 is 0. The number of rotatable bonds is 11. The van der Waals surface area contributed by atoms with Gasteiger partial charge in [0, 0.05) is 30.8 Å². The number of hydrogen-bond acceptors (Lipinski definition) is 3. The van der Waals surface area contributed by atoms with Gasteiger partial charge in [0.1, 0.15) is 11.6 Å². The van der Waals surface area contributed by atoms with Gasteiger partial charge >= 0.3 is 0 Å². The number of carbonyl (C=O) groups is 2. The number of carbonyl (C=O) groups excluding carboxylic acids is 2. The Morgan fingerprint density at radius 2 is 1.21 bits per heavy atom. The first-order valence-electron chi connectivity index (χ1n) is 7.80. The lowest BCUT2D eigenvalue weighted by Gasteiger charge is -2.31. The van der Waals surface area contributed by atoms with Gasteiger partial charge in [0.15, 0.2) is 0 Å². The maximum atomic E-state index is 11.9. The van der Waals surface area contributed by atoms with Crippen molar-refractivity contribution in [3.05, 3.63) is 0 Å². The first-order valence-corrected chi connectivity index (χ1v) is 12.7. The van der Waals surface area contributed by atoms with E-state index in [1.54, 1.807) is 27.7 Å². The molecule has 10 heteroatoms. The molecule has 0 aromatic rings. The third-order valence-electron chi connectivity index (χ3n) is 4.50. The summed E-state index contributed by atoms with van der Waals surface area (Å²) in [5.74, 6) is -0.199. The van der Waals surface area contributed by atoms with Crippen molar-refractivity contribution in [2.24, 2.45) is 11.0 Å². The predicted molar refractivity (Wildman–Crippen MR) is 102 cm³/mol. The minimum Gasteiger partial charge on any atom is -0.359 e. The summed E-state index contributed by atoms with van der Waals surface area (Å²) < 4.78 is 11.5. The van der Waals surface area contributed by atoms with Crippen LogP contribution in [0.4, 0.5) is 0 Å². The van der Waals surface area contributed by atoms with Crippen LogP contribution in [0.5, 0.6) is 0 Å². The third kappa shape index (κ3) is 8.01. The molecule has 0 aromatic heterocycles. The molecule has 0 aliphatic rings. The summed E-state index contributed by atoms with van der Waals surface area (Å²) in [6.45, 7) is 3.93. The zero-order valence-electron chi connectivity index (χ0n) is 14.9. The lowest BCUT2D eigenvalue weighted by atomic mass is 9.99. The molecule has 0 spiro atoms. The van der Waals surface area contributed by atoms with E-state index in [4.69, 9.17) is 11.0 Å². The van der Waals surface area contributed by atoms with Gasteiger partial charge < -0.3 is 9.79 Å². The largest absolute Gasteiger partial charge is 0.359 e. The molecule has 142 valence electrons. The zero-order chi connectivity index (χ0) is 19.4. The van der Waals surface area contributed by atoms with Crippen LogP contribution in [0.1, 0.15) is 66.2 Å². The van der Waals surface area contributed by atoms with E-state index in [9.17, 15) is 23.9 Å². The van der Waals surface area contributed by atoms with Crippen molar-refractivity contribution in [3.63, 3.8) is 0 Å². The normalized spacial score (nSPS) is 17.8. The van der Waals surface area contributed by atoms with Crippen LogP contribution in [0.3, 0.4) is 0 Å². The summed E-state index contributed by atoms with van der Waals surface area (Å²) in [7, 11) is -0.617. The molecule has 0 amide bonds. The van der Waals surface area contributed by atoms with Crippen molar-refractivity contribution in [2.45, 2.75) is 76.5 Å². The van der Waals surface area contributed by atoms with Crippen molar-refractivity contribution >= 4 is 34.5 Å². The monoisotopic (exact) mass is 400 g/mol. The van der Waals surface area contributed by atoms with Crippen LogP contribution in [0.25, 0.3) is 0 Å². The Morgan fingerprint density at radius 3 is 1.50 bits per heavy atom. The molecule has 0 saturated heterocycles. The quantitative estimate of drug-likeness (QED) is 0.390. The Labute approximate surface area is 146 Å². The first-order chi connectivity index (χ1) is 10.5. The average Bonchev–Trinajstić information content (AvgIpc) is 2.38. The Morgan fingerprint density at radius 1 is 0.875 bits per heavy atom. The molecule has 0 fully saturated rings. The molecule has 24 heavy (non-hydrogen) atoms. The fourth-order valence-corrected chi connectivity index (χ4v) is 2.97. The summed E-state index contributed by atoms with van der Waals surface area (Å²) in [6.07, 6.45) is 1.21. The van der Waals surface area contributed by atoms with Crippen LogP contribution >= 0.6 is 23.0 Å². The lowest BCUT2D eigenvalue weighted by molar-refractivity contribution is -0.124. The van der Waals surface area contributed by atoms with Crippen LogP contribution < -0.4 is 11.0 Å². The molecule has 0 bridgehead atoms. The van der Waals surface area contributed by atoms with Gasteiger partial charge in [-0.05, 0) is 26.7 Å². The van der Waals surface area contributed by atoms with E-state index in [-0.39, 0.29) is 43.7 Å². The second kappa shape index (κ2) is 8.68. The molecule has 7 nitrogen and oxygen atoms in total. The van der Waals surface area contributed by atoms with Crippen molar-refractivity contribution in [3.8, 4) is 0 Å². The molecule has 2 atom stereocenters. The molecule has 0 radical (unpaired) electrons. The molecule has 0 saturated carbocycles. The van der Waals surface area contributed by atoms with E-state index in [0.717, 1.165) is 0 Å². The number of Topliss-reactive ketones (excluding diaryl/α,β-unsaturated/α-hetero) is 2. The summed E-state index contributed by atoms with van der Waals surface area (Å²) in [5, 5.41) is -1.61. The first kappa shape index (κ1) is 24.1. The fraction of sp³-hybridized carbons (Fsp3) is 0.857. The zero-order valence-corrected chi connectivity index (χ0v) is 17.7. The van der Waals surface area contributed by atoms with Crippen LogP contribution in [-0.2, 0) is 14.2 Å². The van der Waals surface area contributed by atoms with Crippen molar-refractivity contribution in [1.29, 1.82) is 0 Å². The maximum Gasteiger partial charge on any atom is 0.270 e. The maximum absolute atomic E-state index is 11.9. The standard InChI is InChI=1S/C14H31N2O5P3/c1-13(2,23(15,19)20)9-7-11(17)5-6-12(18)8-10-14(3,4)24(16,21)22/h21-22H,5-10,16H2,1-4H3,(H3,15,19,20). The fourth-order valence-electron chi connectivity index (χ4n) is 1.75. The number of nitrogens with two attached hydrogens (primary N) is 2. The number of ketones is 2. The van der Waals surface area contributed by atoms with E-state index in [0.29, 0.717) is 6.42 Å². The van der Waals surface area contributed by atoms with Crippen LogP contribution in [0, 0.1) is 0 Å². The van der Waals surface area contributed by atoms with Crippen molar-refractivity contribution in [2.75, 3.05) is 0 Å². The second-order valence-corrected chi connectivity index (χ2v) is 14.6. The summed E-state index contributed by atoms with van der Waals surface area (Å²) in [6, 6.07) is 0. The van der Waals surface area contributed by atoms with Gasteiger partial charge in [-0.1, -0.05) is 22.4 Å². The van der Waals surface area contributed by atoms with Crippen LogP contribution in [0.15, 0.2) is 0 Å². The summed E-state index contributed by atoms with van der Waals surface area (Å²) in [5.41, 5.74) is 10.9. The highest BCUT2D eigenvalue weighted by Gasteiger charge is 2.35.